The third-order valence-electron chi connectivity index (χ3n) is 15.5. The van der Waals surface area contributed by atoms with Crippen LogP contribution in [0.25, 0.3) is 0 Å². The first kappa shape index (κ1) is 101. The Morgan fingerprint density at radius 2 is 0.491 bits per heavy atom. The second-order valence-corrected chi connectivity index (χ2v) is 28.4. The number of esters is 4. The summed E-state index contributed by atoms with van der Waals surface area (Å²) in [5.41, 5.74) is 0. The highest BCUT2D eigenvalue weighted by Crippen LogP contribution is 2.45. The number of unbranched alkanes of at least 4 members (excludes halogenated alkanes) is 11. The maximum absolute atomic E-state index is 13.1. The summed E-state index contributed by atoms with van der Waals surface area (Å²) in [6.45, 7) is 4.16. The molecule has 0 heterocycles. The van der Waals surface area contributed by atoms with Gasteiger partial charge in [0.15, 0.2) is 12.2 Å². The van der Waals surface area contributed by atoms with Gasteiger partial charge in [0.1, 0.15) is 19.3 Å². The molecule has 19 heteroatoms. The van der Waals surface area contributed by atoms with Gasteiger partial charge in [0.25, 0.3) is 0 Å². The first-order valence-corrected chi connectivity index (χ1v) is 43.0. The molecule has 0 aliphatic heterocycles. The summed E-state index contributed by atoms with van der Waals surface area (Å²) < 4.78 is 68.4. The Morgan fingerprint density at radius 3 is 0.806 bits per heavy atom. The number of carbonyl (C=O) groups is 4. The van der Waals surface area contributed by atoms with Gasteiger partial charge in [0, 0.05) is 19.3 Å². The number of carbonyl (C=O) groups excluding carboxylic acids is 4. The van der Waals surface area contributed by atoms with Crippen LogP contribution in [0.3, 0.4) is 0 Å². The molecule has 0 amide bonds. The monoisotopic (exact) mass is 1540 g/mol. The van der Waals surface area contributed by atoms with Crippen LogP contribution in [0.15, 0.2) is 219 Å². The molecule has 5 atom stereocenters. The molecule has 0 aliphatic rings. The van der Waals surface area contributed by atoms with Crippen molar-refractivity contribution >= 4 is 39.5 Å². The fraction of sp³-hybridized carbons (Fsp3) is 0.551. The zero-order chi connectivity index (χ0) is 78.9. The van der Waals surface area contributed by atoms with E-state index in [1.807, 2.05) is 24.3 Å². The molecule has 0 aromatic carbocycles. The first-order chi connectivity index (χ1) is 52.7. The molecule has 0 aromatic rings. The van der Waals surface area contributed by atoms with Crippen molar-refractivity contribution in [3.05, 3.63) is 219 Å². The van der Waals surface area contributed by atoms with E-state index >= 15 is 0 Å². The lowest BCUT2D eigenvalue weighted by Crippen LogP contribution is -2.30. The van der Waals surface area contributed by atoms with E-state index < -0.39 is 97.5 Å². The quantitative estimate of drug-likeness (QED) is 0.0169. The highest BCUT2D eigenvalue weighted by atomic mass is 31.2. The molecule has 17 nitrogen and oxygen atoms in total. The van der Waals surface area contributed by atoms with E-state index in [4.69, 9.17) is 37.0 Å². The number of ether oxygens (including phenoxy) is 4. The van der Waals surface area contributed by atoms with Crippen molar-refractivity contribution in [3.63, 3.8) is 0 Å². The van der Waals surface area contributed by atoms with E-state index in [-0.39, 0.29) is 25.7 Å². The van der Waals surface area contributed by atoms with Crippen LogP contribution < -0.4 is 0 Å². The average molecular weight is 1540 g/mol. The highest BCUT2D eigenvalue weighted by molar-refractivity contribution is 7.47. The van der Waals surface area contributed by atoms with Gasteiger partial charge in [-0.2, -0.15) is 0 Å². The SMILES string of the molecule is CC/C=C\C/C=C\C/C=C\C/C=C\C/C=C\CCCCCC(=O)OCC(COP(=O)(O)OCC(O)COP(=O)(O)OCC(COC(=O)C/C=C\C/C=C\C/C=C\C/C=C\C/C=C\CC)OC(=O)CCCC/C=C\C/C=C\C/C=C\C/C=C\CC)OC(=O)CCCCCCCC/C=C\C/C=C\C/C=C\C/C=C\CC. The van der Waals surface area contributed by atoms with Crippen LogP contribution in [-0.2, 0) is 65.4 Å². The number of rotatable bonds is 72. The lowest BCUT2D eigenvalue weighted by atomic mass is 10.1. The normalized spacial score (nSPS) is 15.0. The summed E-state index contributed by atoms with van der Waals surface area (Å²) >= 11 is 0. The Balaban J connectivity index is 5.55. The molecule has 5 unspecified atom stereocenters. The maximum Gasteiger partial charge on any atom is 0.472 e. The van der Waals surface area contributed by atoms with Gasteiger partial charge in [0.2, 0.25) is 0 Å². The van der Waals surface area contributed by atoms with Crippen molar-refractivity contribution in [2.24, 2.45) is 0 Å². The van der Waals surface area contributed by atoms with Gasteiger partial charge in [-0.05, 0) is 173 Å². The van der Waals surface area contributed by atoms with E-state index in [1.165, 1.54) is 0 Å². The Kier molecular flexibility index (Phi) is 73.7. The number of aliphatic hydroxyl groups excluding tert-OH is 1. The first-order valence-electron chi connectivity index (χ1n) is 40.0. The van der Waals surface area contributed by atoms with Crippen LogP contribution in [-0.4, -0.2) is 96.7 Å². The number of hydrogen-bond donors (Lipinski definition) is 3. The lowest BCUT2D eigenvalue weighted by Gasteiger charge is -2.21. The molecule has 108 heavy (non-hydrogen) atoms. The Labute approximate surface area is 651 Å². The third kappa shape index (κ3) is 77.5. The molecule has 0 rings (SSSR count). The van der Waals surface area contributed by atoms with Crippen LogP contribution in [0.4, 0.5) is 0 Å². The topological polar surface area (TPSA) is 237 Å². The summed E-state index contributed by atoms with van der Waals surface area (Å²) in [7, 11) is -10.0. The summed E-state index contributed by atoms with van der Waals surface area (Å²) in [6, 6.07) is 0. The van der Waals surface area contributed by atoms with E-state index in [2.05, 4.69) is 216 Å². The van der Waals surface area contributed by atoms with E-state index in [0.29, 0.717) is 32.1 Å². The van der Waals surface area contributed by atoms with Gasteiger partial charge < -0.3 is 33.8 Å². The Bertz CT molecular complexity index is 2910. The predicted octanol–water partition coefficient (Wildman–Crippen LogP) is 23.7. The van der Waals surface area contributed by atoms with Crippen molar-refractivity contribution in [1.29, 1.82) is 0 Å². The zero-order valence-electron chi connectivity index (χ0n) is 66.2. The summed E-state index contributed by atoms with van der Waals surface area (Å²) in [5.74, 6) is -2.45. The van der Waals surface area contributed by atoms with Crippen molar-refractivity contribution in [2.45, 2.75) is 277 Å². The van der Waals surface area contributed by atoms with Crippen LogP contribution >= 0.6 is 15.6 Å². The van der Waals surface area contributed by atoms with E-state index in [0.717, 1.165) is 173 Å². The fourth-order valence-corrected chi connectivity index (χ4v) is 11.1. The van der Waals surface area contributed by atoms with E-state index in [1.54, 1.807) is 6.08 Å². The Hall–Kier alpha value is -6.62. The molecule has 0 spiro atoms. The van der Waals surface area contributed by atoms with Crippen LogP contribution in [0.2, 0.25) is 0 Å². The fourth-order valence-electron chi connectivity index (χ4n) is 9.54. The predicted molar refractivity (Wildman–Crippen MR) is 445 cm³/mol. The standard InChI is InChI=1S/C89H138O17P2/c1-5-9-13-17-21-25-29-33-37-39-41-43-47-50-54-58-62-66-70-74-87(92)100-80-85(106-89(94)76-72-68-64-60-56-52-48-44-42-40-38-34-30-26-22-18-14-10-6-2)82-104-108(97,98)102-78-83(90)77-101-107(95,96)103-81-84(105-88(93)75-71-67-63-59-55-51-46-36-32-28-24-20-16-12-8-4)79-99-86(91)73-69-65-61-57-53-49-45-35-31-27-23-19-15-11-7-3/h9-16,21-28,33-38,41-46,50,53-55,57,59,65,69,83-85,90H,5-8,17-20,29-32,39-40,47-49,51-52,56,58,60-64,66-68,70-82H2,1-4H3,(H,95,96)(H,97,98)/b13-9-,14-10-,15-11-,16-12-,25-21-,26-22-,27-23-,28-24-,37-33-,38-34-,43-41-,44-42-,45-35-,46-36-,54-50-,57-53-,59-55-,69-65-. The van der Waals surface area contributed by atoms with Gasteiger partial charge in [-0.1, -0.05) is 279 Å². The number of allylic oxidation sites excluding steroid dienone is 35. The molecule has 3 N–H and O–H groups in total. The molecular weight excluding hydrogens is 1400 g/mol. The molecule has 0 aliphatic carbocycles. The molecule has 0 radical (unpaired) electrons. The average Bonchev–Trinajstić information content (AvgIpc) is 0.896. The van der Waals surface area contributed by atoms with Crippen molar-refractivity contribution in [3.8, 4) is 0 Å². The van der Waals surface area contributed by atoms with Crippen molar-refractivity contribution in [2.75, 3.05) is 39.6 Å². The minimum absolute atomic E-state index is 0.0130. The van der Waals surface area contributed by atoms with Gasteiger partial charge >= 0.3 is 39.5 Å². The van der Waals surface area contributed by atoms with Crippen LogP contribution in [0.1, 0.15) is 259 Å². The molecule has 0 bridgehead atoms. The minimum atomic E-state index is -5.02. The number of phosphoric acid groups is 2. The number of phosphoric ester groups is 2. The number of aliphatic hydroxyl groups is 1. The van der Waals surface area contributed by atoms with Crippen LogP contribution in [0, 0.1) is 0 Å². The lowest BCUT2D eigenvalue weighted by molar-refractivity contribution is -0.161. The molecular formula is C89H138O17P2. The van der Waals surface area contributed by atoms with Crippen molar-refractivity contribution < 1.29 is 80.2 Å². The number of hydrogen-bond acceptors (Lipinski definition) is 15. The largest absolute Gasteiger partial charge is 0.472 e. The molecule has 0 fully saturated rings. The molecule has 606 valence electrons. The van der Waals surface area contributed by atoms with Gasteiger partial charge in [0.05, 0.1) is 32.8 Å². The van der Waals surface area contributed by atoms with Crippen LogP contribution in [0.5, 0.6) is 0 Å². The minimum Gasteiger partial charge on any atom is -0.462 e. The third-order valence-corrected chi connectivity index (χ3v) is 17.4. The summed E-state index contributed by atoms with van der Waals surface area (Å²) in [4.78, 5) is 73.0. The smallest absolute Gasteiger partial charge is 0.462 e. The highest BCUT2D eigenvalue weighted by Gasteiger charge is 2.30. The molecule has 0 saturated carbocycles. The zero-order valence-corrected chi connectivity index (χ0v) is 68.0. The molecule has 0 saturated heterocycles. The summed E-state index contributed by atoms with van der Waals surface area (Å²) in [6.07, 6.45) is 99.5. The van der Waals surface area contributed by atoms with Gasteiger partial charge in [-0.15, -0.1) is 0 Å². The van der Waals surface area contributed by atoms with Crippen molar-refractivity contribution in [1.82, 2.24) is 0 Å². The Morgan fingerprint density at radius 1 is 0.269 bits per heavy atom. The van der Waals surface area contributed by atoms with E-state index in [9.17, 15) is 43.2 Å². The van der Waals surface area contributed by atoms with Gasteiger partial charge in [-0.3, -0.25) is 37.3 Å². The van der Waals surface area contributed by atoms with Gasteiger partial charge in [-0.25, -0.2) is 9.13 Å². The summed E-state index contributed by atoms with van der Waals surface area (Å²) in [5, 5.41) is 10.6. The second kappa shape index (κ2) is 78.5. The molecule has 0 aromatic heterocycles. The second-order valence-electron chi connectivity index (χ2n) is 25.5. The maximum atomic E-state index is 13.1.